The summed E-state index contributed by atoms with van der Waals surface area (Å²) in [4.78, 5) is 16.6. The Hall–Kier alpha value is -1.63. The summed E-state index contributed by atoms with van der Waals surface area (Å²) in [6, 6.07) is 19.1. The van der Waals surface area contributed by atoms with Crippen LogP contribution in [0, 0.1) is 0 Å². The first-order valence-corrected chi connectivity index (χ1v) is 9.17. The smallest absolute Gasteiger partial charge is 0.239 e. The van der Waals surface area contributed by atoms with Crippen molar-refractivity contribution in [1.82, 2.24) is 9.80 Å². The number of rotatable bonds is 6. The molecule has 7 heteroatoms. The second-order valence-corrected chi connectivity index (χ2v) is 6.85. The molecule has 2 atom stereocenters. The van der Waals surface area contributed by atoms with Crippen molar-refractivity contribution in [3.8, 4) is 0 Å². The fourth-order valence-electron chi connectivity index (χ4n) is 3.37. The molecule has 0 aromatic heterocycles. The van der Waals surface area contributed by atoms with Gasteiger partial charge in [-0.25, -0.2) is 0 Å². The molecule has 1 heterocycles. The van der Waals surface area contributed by atoms with Crippen molar-refractivity contribution in [3.05, 3.63) is 71.8 Å². The second-order valence-electron chi connectivity index (χ2n) is 6.85. The van der Waals surface area contributed by atoms with Crippen LogP contribution in [0.2, 0.25) is 0 Å². The number of benzene rings is 2. The van der Waals surface area contributed by atoms with Crippen molar-refractivity contribution in [1.29, 1.82) is 0 Å². The van der Waals surface area contributed by atoms with Crippen molar-refractivity contribution < 1.29 is 9.90 Å². The Morgan fingerprint density at radius 1 is 0.929 bits per heavy atom. The van der Waals surface area contributed by atoms with Gasteiger partial charge in [0.05, 0.1) is 12.1 Å². The lowest BCUT2D eigenvalue weighted by atomic mass is 10.1. The Bertz CT molecular complexity index is 695. The zero-order valence-corrected chi connectivity index (χ0v) is 17.4. The number of nitrogens with two attached hydrogens (primary N) is 1. The maximum absolute atomic E-state index is 12.6. The zero-order valence-electron chi connectivity index (χ0n) is 15.8. The van der Waals surface area contributed by atoms with Crippen LogP contribution in [0.4, 0.5) is 0 Å². The summed E-state index contributed by atoms with van der Waals surface area (Å²) in [6.07, 6.45) is 0.0610. The lowest BCUT2D eigenvalue weighted by Crippen LogP contribution is -2.54. The van der Waals surface area contributed by atoms with Crippen molar-refractivity contribution >= 4 is 30.7 Å². The number of β-amino-alcohol motifs (C(OH)–C–C–N with tert-alkyl or cyclic N) is 1. The highest BCUT2D eigenvalue weighted by atomic mass is 35.5. The van der Waals surface area contributed by atoms with Gasteiger partial charge in [-0.3, -0.25) is 9.69 Å². The lowest BCUT2D eigenvalue weighted by molar-refractivity contribution is -0.134. The molecule has 0 saturated carbocycles. The topological polar surface area (TPSA) is 69.8 Å². The molecule has 154 valence electrons. The van der Waals surface area contributed by atoms with Crippen molar-refractivity contribution in [2.24, 2.45) is 5.73 Å². The predicted octanol–water partition coefficient (Wildman–Crippen LogP) is 2.28. The van der Waals surface area contributed by atoms with Crippen LogP contribution in [0.3, 0.4) is 0 Å². The summed E-state index contributed by atoms with van der Waals surface area (Å²) in [5, 5.41) is 10.4. The number of halogens is 2. The molecule has 1 amide bonds. The number of amides is 1. The van der Waals surface area contributed by atoms with E-state index in [4.69, 9.17) is 5.73 Å². The van der Waals surface area contributed by atoms with E-state index in [1.165, 1.54) is 0 Å². The third kappa shape index (κ3) is 6.76. The Balaban J connectivity index is 0.00000196. The van der Waals surface area contributed by atoms with Gasteiger partial charge >= 0.3 is 0 Å². The molecule has 0 bridgehead atoms. The van der Waals surface area contributed by atoms with E-state index in [2.05, 4.69) is 4.90 Å². The summed E-state index contributed by atoms with van der Waals surface area (Å²) in [6.45, 7) is 3.41. The normalized spacial score (nSPS) is 16.4. The number of aliphatic hydroxyl groups is 1. The molecule has 1 saturated heterocycles. The van der Waals surface area contributed by atoms with Gasteiger partial charge < -0.3 is 15.7 Å². The highest BCUT2D eigenvalue weighted by molar-refractivity contribution is 5.85. The van der Waals surface area contributed by atoms with Gasteiger partial charge in [-0.1, -0.05) is 60.7 Å². The largest absolute Gasteiger partial charge is 0.387 e. The molecule has 2 unspecified atom stereocenters. The third-order valence-electron chi connectivity index (χ3n) is 4.92. The van der Waals surface area contributed by atoms with Crippen molar-refractivity contribution in [3.63, 3.8) is 0 Å². The molecule has 1 aliphatic heterocycles. The number of aliphatic hydroxyl groups excluding tert-OH is 1. The van der Waals surface area contributed by atoms with Gasteiger partial charge in [0.2, 0.25) is 5.91 Å². The SMILES string of the molecule is Cl.Cl.NC(Cc1ccccc1)C(=O)N1CCN(CC(O)c2ccccc2)CC1. The molecule has 5 nitrogen and oxygen atoms in total. The molecule has 2 aromatic carbocycles. The van der Waals surface area contributed by atoms with Crippen molar-refractivity contribution in [2.45, 2.75) is 18.6 Å². The average molecular weight is 426 g/mol. The van der Waals surface area contributed by atoms with E-state index >= 15 is 0 Å². The van der Waals surface area contributed by atoms with E-state index in [0.29, 0.717) is 26.1 Å². The van der Waals surface area contributed by atoms with E-state index in [9.17, 15) is 9.90 Å². The number of carbonyl (C=O) groups is 1. The molecule has 3 N–H and O–H groups in total. The van der Waals surface area contributed by atoms with E-state index in [1.807, 2.05) is 65.6 Å². The first kappa shape index (κ1) is 24.4. The van der Waals surface area contributed by atoms with E-state index < -0.39 is 12.1 Å². The van der Waals surface area contributed by atoms with E-state index in [0.717, 1.165) is 24.2 Å². The zero-order chi connectivity index (χ0) is 18.4. The fourth-order valence-corrected chi connectivity index (χ4v) is 3.37. The van der Waals surface area contributed by atoms with Crippen LogP contribution in [0.5, 0.6) is 0 Å². The van der Waals surface area contributed by atoms with Crippen LogP contribution >= 0.6 is 24.8 Å². The van der Waals surface area contributed by atoms with Crippen LogP contribution in [-0.2, 0) is 11.2 Å². The number of hydrogen-bond acceptors (Lipinski definition) is 4. The number of nitrogens with zero attached hydrogens (tertiary/aromatic N) is 2. The standard InChI is InChI=1S/C21H27N3O2.2ClH/c22-19(15-17-7-3-1-4-8-17)21(26)24-13-11-23(12-14-24)16-20(25)18-9-5-2-6-10-18;;/h1-10,19-20,25H,11-16,22H2;2*1H. The molecular formula is C21H29Cl2N3O2. The van der Waals surface area contributed by atoms with Gasteiger partial charge in [0, 0.05) is 32.7 Å². The predicted molar refractivity (Wildman–Crippen MR) is 117 cm³/mol. The van der Waals surface area contributed by atoms with E-state index in [-0.39, 0.29) is 30.7 Å². The Morgan fingerprint density at radius 2 is 1.46 bits per heavy atom. The second kappa shape index (κ2) is 12.0. The van der Waals surface area contributed by atoms with Crippen LogP contribution < -0.4 is 5.73 Å². The summed E-state index contributed by atoms with van der Waals surface area (Å²) in [5.74, 6) is 0.0112. The van der Waals surface area contributed by atoms with Gasteiger partial charge in [0.25, 0.3) is 0 Å². The van der Waals surface area contributed by atoms with Crippen LogP contribution in [0.25, 0.3) is 0 Å². The molecule has 0 aliphatic carbocycles. The third-order valence-corrected chi connectivity index (χ3v) is 4.92. The van der Waals surface area contributed by atoms with Crippen LogP contribution in [0.1, 0.15) is 17.2 Å². The maximum Gasteiger partial charge on any atom is 0.239 e. The minimum Gasteiger partial charge on any atom is -0.387 e. The summed E-state index contributed by atoms with van der Waals surface area (Å²) in [7, 11) is 0. The monoisotopic (exact) mass is 425 g/mol. The molecule has 3 rings (SSSR count). The Morgan fingerprint density at radius 3 is 2.04 bits per heavy atom. The van der Waals surface area contributed by atoms with Gasteiger partial charge in [-0.2, -0.15) is 0 Å². The fraction of sp³-hybridized carbons (Fsp3) is 0.381. The maximum atomic E-state index is 12.6. The molecule has 0 radical (unpaired) electrons. The van der Waals surface area contributed by atoms with Crippen molar-refractivity contribution in [2.75, 3.05) is 32.7 Å². The van der Waals surface area contributed by atoms with Gasteiger partial charge in [0.15, 0.2) is 0 Å². The van der Waals surface area contributed by atoms with Crippen LogP contribution in [0.15, 0.2) is 60.7 Å². The average Bonchev–Trinajstić information content (AvgIpc) is 2.69. The molecule has 28 heavy (non-hydrogen) atoms. The van der Waals surface area contributed by atoms with Gasteiger partial charge in [0.1, 0.15) is 0 Å². The van der Waals surface area contributed by atoms with Crippen LogP contribution in [-0.4, -0.2) is 59.6 Å². The first-order chi connectivity index (χ1) is 12.6. The minimum atomic E-state index is -0.501. The summed E-state index contributed by atoms with van der Waals surface area (Å²) in [5.41, 5.74) is 8.13. The highest BCUT2D eigenvalue weighted by Gasteiger charge is 2.26. The van der Waals surface area contributed by atoms with Gasteiger partial charge in [-0.15, -0.1) is 24.8 Å². The quantitative estimate of drug-likeness (QED) is 0.744. The molecular weight excluding hydrogens is 397 g/mol. The molecule has 0 spiro atoms. The number of piperazine rings is 1. The summed E-state index contributed by atoms with van der Waals surface area (Å²) >= 11 is 0. The van der Waals surface area contributed by atoms with E-state index in [1.54, 1.807) is 0 Å². The van der Waals surface area contributed by atoms with Gasteiger partial charge in [-0.05, 0) is 17.5 Å². The first-order valence-electron chi connectivity index (χ1n) is 9.17. The Labute approximate surface area is 179 Å². The molecule has 2 aromatic rings. The lowest BCUT2D eigenvalue weighted by Gasteiger charge is -2.36. The minimum absolute atomic E-state index is 0. The number of hydrogen-bond donors (Lipinski definition) is 2. The molecule has 1 fully saturated rings. The highest BCUT2D eigenvalue weighted by Crippen LogP contribution is 2.15. The summed E-state index contributed by atoms with van der Waals surface area (Å²) < 4.78 is 0. The number of carbonyl (C=O) groups excluding carboxylic acids is 1. The molecule has 1 aliphatic rings. The Kier molecular flexibility index (Phi) is 10.5.